The summed E-state index contributed by atoms with van der Waals surface area (Å²) < 4.78 is 24.6. The van der Waals surface area contributed by atoms with Crippen molar-refractivity contribution in [2.75, 3.05) is 13.7 Å². The highest BCUT2D eigenvalue weighted by Gasteiger charge is 2.33. The fraction of sp³-hybridized carbons (Fsp3) is 0.750. The number of rotatable bonds is 3. The monoisotopic (exact) mass is 250 g/mol. The molecule has 0 saturated carbocycles. The van der Waals surface area contributed by atoms with Crippen molar-refractivity contribution in [3.63, 3.8) is 0 Å². The van der Waals surface area contributed by atoms with Crippen LogP contribution in [0.2, 0.25) is 0 Å². The van der Waals surface area contributed by atoms with Crippen molar-refractivity contribution in [2.24, 2.45) is 0 Å². The molecule has 5 heteroatoms. The van der Waals surface area contributed by atoms with Gasteiger partial charge in [-0.3, -0.25) is 4.79 Å². The molecule has 0 aliphatic carbocycles. The molecule has 54 valence electrons. The number of hydrogen-bond donors (Lipinski definition) is 0. The molecule has 0 amide bonds. The Hall–Kier alpha value is 0.220. The summed E-state index contributed by atoms with van der Waals surface area (Å²) in [5, 5.41) is 0. The summed E-state index contributed by atoms with van der Waals surface area (Å²) in [7, 11) is 1.19. The van der Waals surface area contributed by atoms with E-state index < -0.39 is 16.3 Å². The second-order valence-electron chi connectivity index (χ2n) is 1.35. The molecular weight excluding hydrogens is 245 g/mol. The maximum atomic E-state index is 11.9. The first-order chi connectivity index (χ1) is 3.98. The zero-order valence-corrected chi connectivity index (χ0v) is 6.81. The minimum Gasteiger partial charge on any atom is -0.377 e. The Bertz CT molecular complexity index is 110. The molecule has 0 fully saturated rings. The number of ether oxygens (including phenoxy) is 1. The third-order valence-electron chi connectivity index (χ3n) is 0.592. The summed E-state index contributed by atoms with van der Waals surface area (Å²) in [5.41, 5.74) is 0. The van der Waals surface area contributed by atoms with Gasteiger partial charge in [0.15, 0.2) is 0 Å². The Morgan fingerprint density at radius 3 is 2.33 bits per heavy atom. The van der Waals surface area contributed by atoms with Gasteiger partial charge in [0.25, 0.3) is 0 Å². The molecule has 0 spiro atoms. The minimum atomic E-state index is -3.28. The molecule has 0 bridgehead atoms. The Balaban J connectivity index is 3.74. The topological polar surface area (TPSA) is 26.3 Å². The molecule has 0 rings (SSSR count). The van der Waals surface area contributed by atoms with E-state index in [0.717, 1.165) is 22.6 Å². The van der Waals surface area contributed by atoms with Crippen molar-refractivity contribution in [2.45, 2.75) is 3.93 Å². The fourth-order valence-corrected chi connectivity index (χ4v) is 0.369. The van der Waals surface area contributed by atoms with Crippen LogP contribution in [0.4, 0.5) is 8.78 Å². The summed E-state index contributed by atoms with van der Waals surface area (Å²) in [6.45, 7) is -0.532. The van der Waals surface area contributed by atoms with Gasteiger partial charge in [-0.25, -0.2) is 0 Å². The van der Waals surface area contributed by atoms with Gasteiger partial charge in [-0.2, -0.15) is 8.78 Å². The van der Waals surface area contributed by atoms with E-state index >= 15 is 0 Å². The second-order valence-corrected chi connectivity index (χ2v) is 2.71. The van der Waals surface area contributed by atoms with Gasteiger partial charge in [-0.15, -0.1) is 0 Å². The molecular formula is C4H5F2IO2. The molecule has 0 heterocycles. The smallest absolute Gasteiger partial charge is 0.355 e. The number of alkyl halides is 3. The Kier molecular flexibility index (Phi) is 3.49. The van der Waals surface area contributed by atoms with Gasteiger partial charge in [-0.05, 0) is 0 Å². The van der Waals surface area contributed by atoms with Crippen molar-refractivity contribution < 1.29 is 18.3 Å². The predicted octanol–water partition coefficient (Wildman–Crippen LogP) is 1.23. The maximum absolute atomic E-state index is 11.9. The number of carbonyl (C=O) groups is 1. The summed E-state index contributed by atoms with van der Waals surface area (Å²) in [6, 6.07) is 0. The van der Waals surface area contributed by atoms with Crippen LogP contribution in [0.3, 0.4) is 0 Å². The van der Waals surface area contributed by atoms with Crippen LogP contribution >= 0.6 is 22.6 Å². The van der Waals surface area contributed by atoms with Crippen molar-refractivity contribution in [3.05, 3.63) is 0 Å². The van der Waals surface area contributed by atoms with Crippen molar-refractivity contribution >= 4 is 28.4 Å². The lowest BCUT2D eigenvalue weighted by Gasteiger charge is -2.04. The highest BCUT2D eigenvalue weighted by Crippen LogP contribution is 2.22. The van der Waals surface area contributed by atoms with E-state index in [0.29, 0.717) is 0 Å². The van der Waals surface area contributed by atoms with E-state index in [9.17, 15) is 13.6 Å². The number of ketones is 1. The lowest BCUT2D eigenvalue weighted by atomic mass is 10.4. The van der Waals surface area contributed by atoms with Crippen molar-refractivity contribution in [1.29, 1.82) is 0 Å². The summed E-state index contributed by atoms with van der Waals surface area (Å²) in [4.78, 5) is 10.2. The van der Waals surface area contributed by atoms with E-state index in [1.807, 2.05) is 0 Å². The van der Waals surface area contributed by atoms with Crippen LogP contribution in [0.15, 0.2) is 0 Å². The normalized spacial score (nSPS) is 11.6. The maximum Gasteiger partial charge on any atom is 0.355 e. The molecule has 0 aliphatic heterocycles. The van der Waals surface area contributed by atoms with Crippen LogP contribution in [-0.2, 0) is 9.53 Å². The minimum absolute atomic E-state index is 0.532. The molecule has 0 aromatic rings. The molecule has 0 N–H and O–H groups in total. The molecule has 0 aliphatic rings. The van der Waals surface area contributed by atoms with Crippen LogP contribution in [-0.4, -0.2) is 23.4 Å². The number of Topliss-reactive ketones (excluding diaryl/α,β-unsaturated/α-hetero) is 1. The molecule has 9 heavy (non-hydrogen) atoms. The van der Waals surface area contributed by atoms with Crippen LogP contribution in [0, 0.1) is 0 Å². The average molecular weight is 250 g/mol. The van der Waals surface area contributed by atoms with Gasteiger partial charge in [-0.1, -0.05) is 0 Å². The molecule has 0 aromatic heterocycles. The van der Waals surface area contributed by atoms with E-state index in [-0.39, 0.29) is 0 Å². The van der Waals surface area contributed by atoms with E-state index in [4.69, 9.17) is 0 Å². The zero-order valence-electron chi connectivity index (χ0n) is 4.66. The predicted molar refractivity (Wildman–Crippen MR) is 35.9 cm³/mol. The standard InChI is InChI=1S/C4H5F2IO2/c1-9-2-3(8)4(5,6)7/h2H2,1H3. The van der Waals surface area contributed by atoms with Gasteiger partial charge in [0.1, 0.15) is 6.61 Å². The highest BCUT2D eigenvalue weighted by molar-refractivity contribution is 14.1. The van der Waals surface area contributed by atoms with Crippen molar-refractivity contribution in [1.82, 2.24) is 0 Å². The third kappa shape index (κ3) is 3.74. The molecule has 0 aromatic carbocycles. The second kappa shape index (κ2) is 3.40. The molecule has 0 radical (unpaired) electrons. The summed E-state index contributed by atoms with van der Waals surface area (Å²) in [6.07, 6.45) is 0. The van der Waals surface area contributed by atoms with Gasteiger partial charge >= 0.3 is 3.93 Å². The number of methoxy groups -OCH3 is 1. The lowest BCUT2D eigenvalue weighted by molar-refractivity contribution is -0.134. The molecule has 0 unspecified atom stereocenters. The third-order valence-corrected chi connectivity index (χ3v) is 1.19. The fourth-order valence-electron chi connectivity index (χ4n) is 0.213. The Labute approximate surface area is 64.7 Å². The van der Waals surface area contributed by atoms with Gasteiger partial charge < -0.3 is 4.74 Å². The first-order valence-electron chi connectivity index (χ1n) is 2.07. The average Bonchev–Trinajstić information content (AvgIpc) is 1.64. The number of halogens is 3. The van der Waals surface area contributed by atoms with Crippen LogP contribution < -0.4 is 0 Å². The molecule has 0 atom stereocenters. The van der Waals surface area contributed by atoms with Crippen molar-refractivity contribution in [3.8, 4) is 0 Å². The van der Waals surface area contributed by atoms with Crippen LogP contribution in [0.1, 0.15) is 0 Å². The largest absolute Gasteiger partial charge is 0.377 e. The van der Waals surface area contributed by atoms with Gasteiger partial charge in [0.05, 0.1) is 0 Å². The number of carbonyl (C=O) groups excluding carboxylic acids is 1. The lowest BCUT2D eigenvalue weighted by Crippen LogP contribution is -2.24. The zero-order chi connectivity index (χ0) is 7.49. The number of hydrogen-bond acceptors (Lipinski definition) is 2. The summed E-state index contributed by atoms with van der Waals surface area (Å²) >= 11 is 0.763. The van der Waals surface area contributed by atoms with E-state index in [1.54, 1.807) is 0 Å². The van der Waals surface area contributed by atoms with Gasteiger partial charge in [0.2, 0.25) is 5.78 Å². The van der Waals surface area contributed by atoms with E-state index in [1.165, 1.54) is 7.11 Å². The Morgan fingerprint density at radius 1 is 1.78 bits per heavy atom. The SMILES string of the molecule is COCC(=O)C(F)(F)I. The first kappa shape index (κ1) is 9.22. The quantitative estimate of drug-likeness (QED) is 0.556. The summed E-state index contributed by atoms with van der Waals surface area (Å²) in [5.74, 6) is -1.20. The Morgan fingerprint density at radius 2 is 2.22 bits per heavy atom. The molecule has 2 nitrogen and oxygen atoms in total. The highest BCUT2D eigenvalue weighted by atomic mass is 127. The first-order valence-corrected chi connectivity index (χ1v) is 3.15. The molecule has 0 saturated heterocycles. The van der Waals surface area contributed by atoms with E-state index in [2.05, 4.69) is 4.74 Å². The van der Waals surface area contributed by atoms with Crippen LogP contribution in [0.5, 0.6) is 0 Å². The van der Waals surface area contributed by atoms with Crippen LogP contribution in [0.25, 0.3) is 0 Å². The van der Waals surface area contributed by atoms with Gasteiger partial charge in [0, 0.05) is 29.7 Å².